The van der Waals surface area contributed by atoms with E-state index in [9.17, 15) is 0 Å². The number of benzene rings is 18. The average Bonchev–Trinajstić information content (AvgIpc) is 0.760. The summed E-state index contributed by atoms with van der Waals surface area (Å²) in [4.78, 5) is 0. The van der Waals surface area contributed by atoms with E-state index in [1.165, 1.54) is 126 Å². The molecule has 0 atom stereocenters. The first kappa shape index (κ1) is 109. The van der Waals surface area contributed by atoms with Crippen LogP contribution < -0.4 is 58.9 Å². The number of hydrogen-bond donors (Lipinski definition) is 0. The number of methoxy groups -OCH3 is 3. The van der Waals surface area contributed by atoms with Crippen molar-refractivity contribution in [2.24, 2.45) is 0 Å². The fourth-order valence-corrected chi connectivity index (χ4v) is 77.8. The molecule has 0 amide bonds. The molecule has 3 nitrogen and oxygen atoms in total. The third-order valence-corrected chi connectivity index (χ3v) is 88.4. The van der Waals surface area contributed by atoms with Gasteiger partial charge in [-0.2, -0.15) is 0 Å². The summed E-state index contributed by atoms with van der Waals surface area (Å²) in [6.45, 7) is 44.5. The summed E-state index contributed by atoms with van der Waals surface area (Å²) < 4.78 is 44.0. The Balaban J connectivity index is 0.000000143. The van der Waals surface area contributed by atoms with Crippen LogP contribution in [0.15, 0.2) is 431 Å². The number of aryl methyl sites for hydroxylation is 18. The quantitative estimate of drug-likeness (QED) is 0.0363. The summed E-state index contributed by atoms with van der Waals surface area (Å²) in [5.74, 6) is 0.710. The number of rotatable bonds is 23. The molecule has 0 radical (unpaired) electrons. The standard InChI is InChI=1S/C9H11O2.C9H9O.5C9H11.3C7H7.8C6H5.6Bi/c1-10-9(11-2)8-6-4-3-5-7-8;1-8(10-2)9-6-4-3-5-7-9;5*1-7-4-8(2)6-9(3)5-7;3*1-7-5-3-2-4-6-7;8*1-2-4-6-5-3-1;;;;;;/h4-7,9H,1-2H3;4-7H,1H2,2H3;5*4-5H,1-3H3;3*3-6H,1H3;8*1-5H;;;;;;. The third kappa shape index (κ3) is 29.6. The zero-order chi connectivity index (χ0) is 100. The molecule has 712 valence electrons. The summed E-state index contributed by atoms with van der Waals surface area (Å²) in [5, 5.41) is 0. The van der Waals surface area contributed by atoms with Crippen LogP contribution in [-0.2, 0) is 14.2 Å². The normalized spacial score (nSPS) is 11.0. The summed E-state index contributed by atoms with van der Waals surface area (Å²) in [6.07, 6.45) is -0.305. The predicted molar refractivity (Wildman–Crippen MR) is 622 cm³/mol. The van der Waals surface area contributed by atoms with Gasteiger partial charge >= 0.3 is 904 Å². The fraction of sp³-hybridized carbons (Fsp3) is 0.167. The summed E-state index contributed by atoms with van der Waals surface area (Å²) in [7, 11) is 4.99. The third-order valence-electron chi connectivity index (χ3n) is 24.8. The first-order valence-electron chi connectivity index (χ1n) is 48.5. The van der Waals surface area contributed by atoms with Crippen LogP contribution in [0.3, 0.4) is 0 Å². The van der Waals surface area contributed by atoms with E-state index in [0.29, 0.717) is 5.76 Å². The van der Waals surface area contributed by atoms with Crippen molar-refractivity contribution in [3.05, 3.63) is 542 Å². The van der Waals surface area contributed by atoms with Crippen molar-refractivity contribution in [1.82, 2.24) is 0 Å². The van der Waals surface area contributed by atoms with E-state index in [1.54, 1.807) is 54.0 Å². The zero-order valence-electron chi connectivity index (χ0n) is 86.1. The van der Waals surface area contributed by atoms with Gasteiger partial charge in [-0.05, 0) is 0 Å². The molecule has 0 bridgehead atoms. The van der Waals surface area contributed by atoms with Gasteiger partial charge < -0.3 is 0 Å². The van der Waals surface area contributed by atoms with Crippen LogP contribution in [0.1, 0.15) is 118 Å². The van der Waals surface area contributed by atoms with Crippen LogP contribution in [0.2, 0.25) is 0 Å². The Morgan fingerprint density at radius 1 is 0.177 bits per heavy atom. The predicted octanol–water partition coefficient (Wildman–Crippen LogP) is 19.7. The van der Waals surface area contributed by atoms with Crippen molar-refractivity contribution in [2.75, 3.05) is 21.3 Å². The molecular weight excluding hydrogens is 2890 g/mol. The number of ether oxygens (including phenoxy) is 3. The molecule has 0 saturated heterocycles. The Morgan fingerprint density at radius 3 is 0.518 bits per heavy atom. The molecule has 0 aliphatic heterocycles. The van der Waals surface area contributed by atoms with Gasteiger partial charge in [0.25, 0.3) is 0 Å². The summed E-state index contributed by atoms with van der Waals surface area (Å²) >= 11 is -13.5. The van der Waals surface area contributed by atoms with E-state index < -0.39 is 131 Å². The molecule has 0 saturated carbocycles. The molecule has 0 aliphatic carbocycles. The van der Waals surface area contributed by atoms with Crippen LogP contribution in [0.25, 0.3) is 5.76 Å². The van der Waals surface area contributed by atoms with E-state index in [4.69, 9.17) is 14.2 Å². The summed E-state index contributed by atoms with van der Waals surface area (Å²) in [5.41, 5.74) is 27.6. The Bertz CT molecular complexity index is 6480. The molecule has 141 heavy (non-hydrogen) atoms. The molecule has 0 aromatic heterocycles. The first-order valence-corrected chi connectivity index (χ1v) is 79.8. The van der Waals surface area contributed by atoms with Gasteiger partial charge in [0.2, 0.25) is 0 Å². The molecule has 18 aromatic carbocycles. The average molecular weight is 3020 g/mol. The molecular formula is C132H136Bi6O3. The maximum absolute atomic E-state index is 5.35. The van der Waals surface area contributed by atoms with E-state index in [2.05, 4.69) is 556 Å². The van der Waals surface area contributed by atoms with Gasteiger partial charge in [0.05, 0.1) is 0 Å². The van der Waals surface area contributed by atoms with E-state index in [1.807, 2.05) is 0 Å². The van der Waals surface area contributed by atoms with E-state index in [-0.39, 0.29) is 6.29 Å². The van der Waals surface area contributed by atoms with Crippen molar-refractivity contribution in [3.63, 3.8) is 0 Å². The zero-order valence-corrected chi connectivity index (χ0v) is 107. The van der Waals surface area contributed by atoms with Crippen molar-refractivity contribution in [3.8, 4) is 0 Å². The van der Waals surface area contributed by atoms with Gasteiger partial charge in [-0.25, -0.2) is 0 Å². The second-order valence-corrected chi connectivity index (χ2v) is 86.9. The second kappa shape index (κ2) is 54.1. The Kier molecular flexibility index (Phi) is 41.8. The molecule has 0 aliphatic rings. The Hall–Kier alpha value is -9.28. The molecule has 0 unspecified atom stereocenters. The van der Waals surface area contributed by atoms with Gasteiger partial charge in [0.1, 0.15) is 0 Å². The van der Waals surface area contributed by atoms with E-state index >= 15 is 0 Å². The van der Waals surface area contributed by atoms with Crippen molar-refractivity contribution in [2.45, 2.75) is 131 Å². The van der Waals surface area contributed by atoms with Crippen LogP contribution in [0.4, 0.5) is 0 Å². The Morgan fingerprint density at radius 2 is 0.333 bits per heavy atom. The minimum atomic E-state index is -2.37. The summed E-state index contributed by atoms with van der Waals surface area (Å²) in [6, 6.07) is 157. The van der Waals surface area contributed by atoms with E-state index in [0.717, 1.165) is 11.1 Å². The SMILES string of the molecule is C=C(OC)c1cc[c]([Bi]([c]2ccccc2)[c]2ccccc2)cc1.COC(OC)c1cc[c]([Bi]([c]2ccccc2)[c]2ccccc2)cc1.Cc1cc(C)[c]([Bi]([c]2ccccc2)[c]2ccccc2)c(C)c1.Cc1cc[c]([Bi]([c]2c(C)cc(C)cc2C)[c]2c(C)cc(C)cc2C)cc1.Cc1cc[c]([Bi]([c]2c(C)cc(C)cc2C)[c]2c(C)cc(C)cc2C)cc1.Cc1cc[c]([Bi]([c]2ccccc2)[c]2ccccc2)cc1. The Labute approximate surface area is 892 Å². The van der Waals surface area contributed by atoms with Gasteiger partial charge in [-0.1, -0.05) is 0 Å². The molecule has 0 N–H and O–H groups in total. The van der Waals surface area contributed by atoms with Crippen LogP contribution >= 0.6 is 0 Å². The van der Waals surface area contributed by atoms with Crippen LogP contribution in [0, 0.1) is 125 Å². The van der Waals surface area contributed by atoms with Crippen molar-refractivity contribution >= 4 is 195 Å². The topological polar surface area (TPSA) is 27.7 Å². The molecule has 0 spiro atoms. The molecule has 18 aromatic rings. The number of hydrogen-bond acceptors (Lipinski definition) is 3. The molecule has 0 heterocycles. The second-order valence-electron chi connectivity index (χ2n) is 36.5. The maximum atomic E-state index is 5.35. The van der Waals surface area contributed by atoms with Gasteiger partial charge in [-0.3, -0.25) is 0 Å². The van der Waals surface area contributed by atoms with Crippen LogP contribution in [0.5, 0.6) is 0 Å². The van der Waals surface area contributed by atoms with Gasteiger partial charge in [0.15, 0.2) is 0 Å². The first-order chi connectivity index (χ1) is 68.2. The fourth-order valence-electron chi connectivity index (χ4n) is 18.9. The van der Waals surface area contributed by atoms with Crippen LogP contribution in [-0.4, -0.2) is 152 Å². The van der Waals surface area contributed by atoms with Crippen molar-refractivity contribution < 1.29 is 14.2 Å². The van der Waals surface area contributed by atoms with Crippen molar-refractivity contribution in [1.29, 1.82) is 0 Å². The molecule has 0 fully saturated rings. The monoisotopic (exact) mass is 3020 g/mol. The molecule has 9 heteroatoms. The molecule has 18 rings (SSSR count). The van der Waals surface area contributed by atoms with Gasteiger partial charge in [0, 0.05) is 0 Å². The minimum absolute atomic E-state index is 0.305. The van der Waals surface area contributed by atoms with Gasteiger partial charge in [-0.15, -0.1) is 0 Å².